The molecule has 1 atom stereocenters. The summed E-state index contributed by atoms with van der Waals surface area (Å²) in [7, 11) is 0. The minimum atomic E-state index is -4.64. The molecule has 0 spiro atoms. The van der Waals surface area contributed by atoms with Gasteiger partial charge in [0, 0.05) is 23.4 Å². The van der Waals surface area contributed by atoms with Gasteiger partial charge in [0.25, 0.3) is 0 Å². The van der Waals surface area contributed by atoms with Crippen molar-refractivity contribution >= 4 is 5.57 Å². The van der Waals surface area contributed by atoms with Crippen molar-refractivity contribution in [3.05, 3.63) is 76.6 Å². The first kappa shape index (κ1) is 23.1. The molecule has 2 heterocycles. The monoisotopic (exact) mass is 436 g/mol. The molecule has 2 N–H and O–H groups in total. The predicted molar refractivity (Wildman–Crippen MR) is 113 cm³/mol. The molecular weight excluding hydrogens is 408 g/mol. The minimum Gasteiger partial charge on any atom is -0.456 e. The van der Waals surface area contributed by atoms with Crippen molar-refractivity contribution in [1.82, 2.24) is 10.9 Å². The van der Waals surface area contributed by atoms with Crippen molar-refractivity contribution in [2.24, 2.45) is 11.3 Å². The van der Waals surface area contributed by atoms with E-state index in [2.05, 4.69) is 31.3 Å². The van der Waals surface area contributed by atoms with Crippen LogP contribution in [0.4, 0.5) is 17.6 Å². The number of benzene rings is 1. The largest absolute Gasteiger partial charge is 0.456 e. The zero-order chi connectivity index (χ0) is 23.0. The molecule has 3 nitrogen and oxygen atoms in total. The van der Waals surface area contributed by atoms with E-state index in [1.807, 2.05) is 13.0 Å². The summed E-state index contributed by atoms with van der Waals surface area (Å²) in [6.45, 7) is 12.1. The number of allylic oxidation sites excluding steroid dienone is 2. The van der Waals surface area contributed by atoms with Crippen LogP contribution in [0.2, 0.25) is 0 Å². The Hall–Kier alpha value is -2.54. The van der Waals surface area contributed by atoms with E-state index in [1.54, 1.807) is 6.07 Å². The molecule has 1 aliphatic heterocycles. The zero-order valence-electron chi connectivity index (χ0n) is 18.2. The fourth-order valence-electron chi connectivity index (χ4n) is 4.25. The van der Waals surface area contributed by atoms with Crippen LogP contribution < -0.4 is 10.9 Å². The Morgan fingerprint density at radius 1 is 1.19 bits per heavy atom. The van der Waals surface area contributed by atoms with E-state index in [0.717, 1.165) is 11.1 Å². The first-order valence-electron chi connectivity index (χ1n) is 10.2. The standard InChI is InChI=1S/C24H28F4N2O/c1-14-9-20(22(31-14)24(26,27)28)21-15(2)18(10-17-7-6-8-19(25)11-17)12-23(4,5)13-29-30-16(21)3/h6-9,11,18,29-30H,3,10,12-13H2,1-2,4-5H3. The molecule has 7 heteroatoms. The Morgan fingerprint density at radius 2 is 1.90 bits per heavy atom. The zero-order valence-corrected chi connectivity index (χ0v) is 18.2. The number of furan rings is 1. The van der Waals surface area contributed by atoms with E-state index in [9.17, 15) is 17.6 Å². The van der Waals surface area contributed by atoms with Gasteiger partial charge in [-0.05, 0) is 61.8 Å². The third-order valence-corrected chi connectivity index (χ3v) is 5.67. The molecule has 2 aromatic rings. The Kier molecular flexibility index (Phi) is 6.37. The fraction of sp³-hybridized carbons (Fsp3) is 0.417. The second-order valence-electron chi connectivity index (χ2n) is 9.01. The maximum atomic E-state index is 13.8. The van der Waals surface area contributed by atoms with Gasteiger partial charge in [0.05, 0.1) is 0 Å². The Bertz CT molecular complexity index is 1000. The van der Waals surface area contributed by atoms with E-state index in [0.29, 0.717) is 30.7 Å². The number of halogens is 4. The minimum absolute atomic E-state index is 0.0363. The molecule has 0 fully saturated rings. The van der Waals surface area contributed by atoms with Crippen LogP contribution in [-0.4, -0.2) is 6.54 Å². The average Bonchev–Trinajstić information content (AvgIpc) is 3.03. The number of hydrogen-bond donors (Lipinski definition) is 2. The number of nitrogens with one attached hydrogen (secondary N) is 2. The summed E-state index contributed by atoms with van der Waals surface area (Å²) in [6.07, 6.45) is -3.44. The van der Waals surface area contributed by atoms with Crippen molar-refractivity contribution < 1.29 is 22.0 Å². The molecule has 1 unspecified atom stereocenters. The molecule has 0 amide bonds. The van der Waals surface area contributed by atoms with Gasteiger partial charge in [-0.25, -0.2) is 9.82 Å². The van der Waals surface area contributed by atoms with E-state index in [-0.39, 0.29) is 28.5 Å². The Balaban J connectivity index is 2.18. The Morgan fingerprint density at radius 3 is 2.55 bits per heavy atom. The topological polar surface area (TPSA) is 37.2 Å². The highest BCUT2D eigenvalue weighted by molar-refractivity contribution is 5.82. The SMILES string of the molecule is C=C1NNCC(C)(C)CC(Cc2cccc(F)c2)C(C)=C1c1cc(C)oc1C(F)(F)F. The third-order valence-electron chi connectivity index (χ3n) is 5.67. The van der Waals surface area contributed by atoms with Crippen molar-refractivity contribution in [1.29, 1.82) is 0 Å². The van der Waals surface area contributed by atoms with Crippen LogP contribution in [0.3, 0.4) is 0 Å². The molecular formula is C24H28F4N2O. The summed E-state index contributed by atoms with van der Waals surface area (Å²) >= 11 is 0. The summed E-state index contributed by atoms with van der Waals surface area (Å²) in [4.78, 5) is 0. The second-order valence-corrected chi connectivity index (χ2v) is 9.01. The molecule has 3 rings (SSSR count). The number of aryl methyl sites for hydroxylation is 1. The van der Waals surface area contributed by atoms with Gasteiger partial charge in [-0.1, -0.05) is 38.1 Å². The van der Waals surface area contributed by atoms with Crippen molar-refractivity contribution in [3.63, 3.8) is 0 Å². The molecule has 31 heavy (non-hydrogen) atoms. The Labute approximate surface area is 180 Å². The molecule has 0 radical (unpaired) electrons. The van der Waals surface area contributed by atoms with Gasteiger partial charge in [-0.3, -0.25) is 0 Å². The van der Waals surface area contributed by atoms with Gasteiger partial charge < -0.3 is 9.84 Å². The molecule has 1 aromatic heterocycles. The van der Waals surface area contributed by atoms with Gasteiger partial charge >= 0.3 is 6.18 Å². The molecule has 0 bridgehead atoms. The van der Waals surface area contributed by atoms with Crippen molar-refractivity contribution in [2.75, 3.05) is 6.54 Å². The van der Waals surface area contributed by atoms with Crippen LogP contribution in [-0.2, 0) is 12.6 Å². The molecule has 0 saturated heterocycles. The predicted octanol–water partition coefficient (Wildman–Crippen LogP) is 6.42. The van der Waals surface area contributed by atoms with Crippen LogP contribution in [0.5, 0.6) is 0 Å². The highest BCUT2D eigenvalue weighted by Gasteiger charge is 2.40. The lowest BCUT2D eigenvalue weighted by Crippen LogP contribution is -2.38. The lowest BCUT2D eigenvalue weighted by Gasteiger charge is -2.30. The van der Waals surface area contributed by atoms with Gasteiger partial charge in [0.2, 0.25) is 5.76 Å². The highest BCUT2D eigenvalue weighted by atomic mass is 19.4. The smallest absolute Gasteiger partial charge is 0.450 e. The number of hydrazine groups is 1. The van der Waals surface area contributed by atoms with Gasteiger partial charge in [0.15, 0.2) is 0 Å². The van der Waals surface area contributed by atoms with Crippen LogP contribution in [0.25, 0.3) is 5.57 Å². The first-order valence-corrected chi connectivity index (χ1v) is 10.2. The van der Waals surface area contributed by atoms with Crippen LogP contribution in [0.1, 0.15) is 49.8 Å². The fourth-order valence-corrected chi connectivity index (χ4v) is 4.25. The molecule has 168 valence electrons. The summed E-state index contributed by atoms with van der Waals surface area (Å²) in [5.41, 5.74) is 8.12. The molecule has 1 aliphatic rings. The van der Waals surface area contributed by atoms with Gasteiger partial charge in [0.1, 0.15) is 11.6 Å². The summed E-state index contributed by atoms with van der Waals surface area (Å²) in [5, 5.41) is 0. The maximum Gasteiger partial charge on any atom is 0.450 e. The summed E-state index contributed by atoms with van der Waals surface area (Å²) in [5.74, 6) is -1.32. The lowest BCUT2D eigenvalue weighted by molar-refractivity contribution is -0.153. The quantitative estimate of drug-likeness (QED) is 0.546. The number of rotatable bonds is 3. The van der Waals surface area contributed by atoms with Gasteiger partial charge in [-0.15, -0.1) is 0 Å². The van der Waals surface area contributed by atoms with E-state index in [4.69, 9.17) is 4.42 Å². The van der Waals surface area contributed by atoms with Crippen molar-refractivity contribution in [3.8, 4) is 0 Å². The van der Waals surface area contributed by atoms with E-state index >= 15 is 0 Å². The lowest BCUT2D eigenvalue weighted by atomic mass is 9.76. The van der Waals surface area contributed by atoms with E-state index in [1.165, 1.54) is 25.1 Å². The second kappa shape index (κ2) is 8.54. The first-order chi connectivity index (χ1) is 14.4. The number of alkyl halides is 3. The van der Waals surface area contributed by atoms with Crippen LogP contribution in [0.15, 0.2) is 52.6 Å². The van der Waals surface area contributed by atoms with Crippen LogP contribution >= 0.6 is 0 Å². The summed E-state index contributed by atoms with van der Waals surface area (Å²) < 4.78 is 60.0. The number of hydrogen-bond acceptors (Lipinski definition) is 3. The average molecular weight is 436 g/mol. The van der Waals surface area contributed by atoms with Crippen molar-refractivity contribution in [2.45, 2.75) is 46.7 Å². The van der Waals surface area contributed by atoms with Crippen LogP contribution in [0, 0.1) is 24.1 Å². The summed E-state index contributed by atoms with van der Waals surface area (Å²) in [6, 6.07) is 7.74. The molecule has 1 aromatic carbocycles. The molecule has 0 aliphatic carbocycles. The van der Waals surface area contributed by atoms with E-state index < -0.39 is 11.9 Å². The van der Waals surface area contributed by atoms with Gasteiger partial charge in [-0.2, -0.15) is 13.2 Å². The highest BCUT2D eigenvalue weighted by Crippen LogP contribution is 2.43. The molecule has 0 saturated carbocycles. The normalized spacial score (nSPS) is 20.1. The maximum absolute atomic E-state index is 13.8. The third kappa shape index (κ3) is 5.39.